The number of ether oxygens (including phenoxy) is 1. The second kappa shape index (κ2) is 9.82. The van der Waals surface area contributed by atoms with Gasteiger partial charge >= 0.3 is 0 Å². The van der Waals surface area contributed by atoms with Gasteiger partial charge in [0.15, 0.2) is 0 Å². The standard InChI is InChI=1S/C21H25N5O4S/c1-16(17-4-8-19(9-5-17)26-15-22-14-23-26)25(2)21(27)18-6-10-20(11-7-18)31(28,29)24-12-13-30-3/h4-11,14-16,24H,12-13H2,1-3H3. The van der Waals surface area contributed by atoms with Crippen molar-refractivity contribution in [2.24, 2.45) is 0 Å². The van der Waals surface area contributed by atoms with Gasteiger partial charge in [-0.1, -0.05) is 12.1 Å². The summed E-state index contributed by atoms with van der Waals surface area (Å²) in [5.74, 6) is -0.204. The molecule has 1 aromatic heterocycles. The molecule has 1 amide bonds. The molecule has 1 unspecified atom stereocenters. The van der Waals surface area contributed by atoms with Crippen LogP contribution in [0.2, 0.25) is 0 Å². The Morgan fingerprint density at radius 1 is 1.16 bits per heavy atom. The molecule has 0 aliphatic heterocycles. The van der Waals surface area contributed by atoms with Crippen molar-refractivity contribution in [1.29, 1.82) is 0 Å². The number of amides is 1. The van der Waals surface area contributed by atoms with Crippen LogP contribution >= 0.6 is 0 Å². The molecular weight excluding hydrogens is 418 g/mol. The summed E-state index contributed by atoms with van der Waals surface area (Å²) in [5, 5.41) is 4.10. The van der Waals surface area contributed by atoms with Gasteiger partial charge in [-0.05, 0) is 48.9 Å². The van der Waals surface area contributed by atoms with Crippen molar-refractivity contribution in [2.75, 3.05) is 27.3 Å². The fourth-order valence-electron chi connectivity index (χ4n) is 2.99. The largest absolute Gasteiger partial charge is 0.383 e. The summed E-state index contributed by atoms with van der Waals surface area (Å²) in [7, 11) is -0.429. The van der Waals surface area contributed by atoms with E-state index < -0.39 is 10.0 Å². The highest BCUT2D eigenvalue weighted by Gasteiger charge is 2.20. The number of sulfonamides is 1. The molecule has 9 nitrogen and oxygen atoms in total. The Hall–Kier alpha value is -3.08. The molecule has 0 saturated heterocycles. The summed E-state index contributed by atoms with van der Waals surface area (Å²) in [4.78, 5) is 18.6. The molecule has 0 aliphatic rings. The van der Waals surface area contributed by atoms with Gasteiger partial charge < -0.3 is 9.64 Å². The van der Waals surface area contributed by atoms with Gasteiger partial charge in [0.05, 0.1) is 23.2 Å². The van der Waals surface area contributed by atoms with Crippen LogP contribution in [0, 0.1) is 0 Å². The highest BCUT2D eigenvalue weighted by Crippen LogP contribution is 2.22. The number of benzene rings is 2. The smallest absolute Gasteiger partial charge is 0.254 e. The number of hydrogen-bond donors (Lipinski definition) is 1. The predicted molar refractivity (Wildman–Crippen MR) is 115 cm³/mol. The summed E-state index contributed by atoms with van der Waals surface area (Å²) in [6.07, 6.45) is 3.08. The molecule has 1 heterocycles. The van der Waals surface area contributed by atoms with Crippen molar-refractivity contribution in [1.82, 2.24) is 24.4 Å². The molecule has 164 valence electrons. The fraction of sp³-hybridized carbons (Fsp3) is 0.286. The molecule has 0 saturated carbocycles. The van der Waals surface area contributed by atoms with Crippen LogP contribution in [-0.4, -0.2) is 61.3 Å². The Bertz CT molecular complexity index is 1100. The topological polar surface area (TPSA) is 106 Å². The van der Waals surface area contributed by atoms with Gasteiger partial charge in [0.2, 0.25) is 10.0 Å². The Morgan fingerprint density at radius 2 is 1.84 bits per heavy atom. The van der Waals surface area contributed by atoms with Crippen molar-refractivity contribution in [3.8, 4) is 5.69 Å². The quantitative estimate of drug-likeness (QED) is 0.507. The van der Waals surface area contributed by atoms with Gasteiger partial charge in [-0.3, -0.25) is 4.79 Å². The first-order valence-corrected chi connectivity index (χ1v) is 11.1. The molecule has 0 spiro atoms. The summed E-state index contributed by atoms with van der Waals surface area (Å²) in [6, 6.07) is 13.4. The van der Waals surface area contributed by atoms with E-state index in [0.29, 0.717) is 5.56 Å². The van der Waals surface area contributed by atoms with Gasteiger partial charge in [-0.2, -0.15) is 5.10 Å². The van der Waals surface area contributed by atoms with Crippen molar-refractivity contribution in [2.45, 2.75) is 17.9 Å². The minimum absolute atomic E-state index is 0.0968. The lowest BCUT2D eigenvalue weighted by Gasteiger charge is -2.25. The van der Waals surface area contributed by atoms with E-state index in [9.17, 15) is 13.2 Å². The zero-order valence-electron chi connectivity index (χ0n) is 17.6. The highest BCUT2D eigenvalue weighted by atomic mass is 32.2. The second-order valence-electron chi connectivity index (χ2n) is 6.94. The molecular formula is C21H25N5O4S. The van der Waals surface area contributed by atoms with Crippen molar-refractivity contribution >= 4 is 15.9 Å². The average Bonchev–Trinajstić information content (AvgIpc) is 3.33. The Balaban J connectivity index is 1.69. The van der Waals surface area contributed by atoms with E-state index in [2.05, 4.69) is 14.8 Å². The summed E-state index contributed by atoms with van der Waals surface area (Å²) >= 11 is 0. The maximum absolute atomic E-state index is 12.9. The summed E-state index contributed by atoms with van der Waals surface area (Å²) in [6.45, 7) is 2.38. The Labute approximate surface area is 181 Å². The van der Waals surface area contributed by atoms with E-state index >= 15 is 0 Å². The molecule has 3 aromatic rings. The molecule has 31 heavy (non-hydrogen) atoms. The zero-order valence-corrected chi connectivity index (χ0v) is 18.4. The summed E-state index contributed by atoms with van der Waals surface area (Å²) in [5.41, 5.74) is 2.24. The van der Waals surface area contributed by atoms with E-state index in [4.69, 9.17) is 4.74 Å². The van der Waals surface area contributed by atoms with Crippen LogP contribution < -0.4 is 4.72 Å². The zero-order chi connectivity index (χ0) is 22.4. The summed E-state index contributed by atoms with van der Waals surface area (Å²) < 4.78 is 33.5. The molecule has 10 heteroatoms. The molecule has 0 aliphatic carbocycles. The van der Waals surface area contributed by atoms with E-state index in [0.717, 1.165) is 11.3 Å². The van der Waals surface area contributed by atoms with E-state index in [1.165, 1.54) is 37.7 Å². The van der Waals surface area contributed by atoms with Gasteiger partial charge in [-0.15, -0.1) is 0 Å². The van der Waals surface area contributed by atoms with Crippen LogP contribution in [0.4, 0.5) is 0 Å². The SMILES string of the molecule is COCCNS(=O)(=O)c1ccc(C(=O)N(C)C(C)c2ccc(-n3cncn3)cc2)cc1. The first-order chi connectivity index (χ1) is 14.8. The van der Waals surface area contributed by atoms with Gasteiger partial charge in [0.25, 0.3) is 5.91 Å². The van der Waals surface area contributed by atoms with Gasteiger partial charge in [0, 0.05) is 26.3 Å². The fourth-order valence-corrected chi connectivity index (χ4v) is 4.00. The van der Waals surface area contributed by atoms with Crippen molar-refractivity contribution in [3.63, 3.8) is 0 Å². The number of carbonyl (C=O) groups is 1. The van der Waals surface area contributed by atoms with Crippen LogP contribution in [0.1, 0.15) is 28.9 Å². The number of methoxy groups -OCH3 is 1. The third kappa shape index (κ3) is 5.35. The number of nitrogens with one attached hydrogen (secondary N) is 1. The molecule has 1 N–H and O–H groups in total. The van der Waals surface area contributed by atoms with Crippen LogP contribution in [-0.2, 0) is 14.8 Å². The number of rotatable bonds is 9. The maximum atomic E-state index is 12.9. The van der Waals surface area contributed by atoms with E-state index in [-0.39, 0.29) is 30.0 Å². The van der Waals surface area contributed by atoms with Gasteiger partial charge in [0.1, 0.15) is 12.7 Å². The number of nitrogens with zero attached hydrogens (tertiary/aromatic N) is 4. The molecule has 2 aromatic carbocycles. The Kier molecular flexibility index (Phi) is 7.16. The maximum Gasteiger partial charge on any atom is 0.254 e. The third-order valence-electron chi connectivity index (χ3n) is 4.97. The number of aromatic nitrogens is 3. The molecule has 3 rings (SSSR count). The monoisotopic (exact) mass is 443 g/mol. The third-order valence-corrected chi connectivity index (χ3v) is 6.45. The minimum atomic E-state index is -3.64. The lowest BCUT2D eigenvalue weighted by molar-refractivity contribution is 0.0742. The second-order valence-corrected chi connectivity index (χ2v) is 8.71. The van der Waals surface area contributed by atoms with E-state index in [1.54, 1.807) is 23.0 Å². The van der Waals surface area contributed by atoms with Crippen molar-refractivity contribution in [3.05, 3.63) is 72.3 Å². The Morgan fingerprint density at radius 3 is 2.42 bits per heavy atom. The molecule has 1 atom stereocenters. The van der Waals surface area contributed by atoms with Crippen LogP contribution in [0.25, 0.3) is 5.69 Å². The molecule has 0 fully saturated rings. The normalized spacial score (nSPS) is 12.5. The molecule has 0 radical (unpaired) electrons. The number of hydrogen-bond acceptors (Lipinski definition) is 6. The average molecular weight is 444 g/mol. The number of carbonyl (C=O) groups excluding carboxylic acids is 1. The van der Waals surface area contributed by atoms with Crippen LogP contribution in [0.3, 0.4) is 0 Å². The molecule has 0 bridgehead atoms. The van der Waals surface area contributed by atoms with Gasteiger partial charge in [-0.25, -0.2) is 22.8 Å². The van der Waals surface area contributed by atoms with Crippen LogP contribution in [0.15, 0.2) is 66.1 Å². The van der Waals surface area contributed by atoms with Crippen LogP contribution in [0.5, 0.6) is 0 Å². The first kappa shape index (κ1) is 22.6. The predicted octanol–water partition coefficient (Wildman–Crippen LogP) is 2.03. The minimum Gasteiger partial charge on any atom is -0.383 e. The van der Waals surface area contributed by atoms with Crippen molar-refractivity contribution < 1.29 is 17.9 Å². The lowest BCUT2D eigenvalue weighted by Crippen LogP contribution is -2.30. The highest BCUT2D eigenvalue weighted by molar-refractivity contribution is 7.89. The lowest BCUT2D eigenvalue weighted by atomic mass is 10.1. The van der Waals surface area contributed by atoms with E-state index in [1.807, 2.05) is 31.2 Å². The first-order valence-electron chi connectivity index (χ1n) is 9.64.